The smallest absolute Gasteiger partial charge is 0.174 e. The van der Waals surface area contributed by atoms with Crippen LogP contribution < -0.4 is 0 Å². The molecule has 0 atom stereocenters. The van der Waals surface area contributed by atoms with Gasteiger partial charge in [-0.2, -0.15) is 0 Å². The molecule has 1 aromatic rings. The fourth-order valence-electron chi connectivity index (χ4n) is 0.494. The maximum Gasteiger partial charge on any atom is 0.174 e. The maximum atomic E-state index is 8.84. The number of aliphatic hydroxyl groups is 1. The van der Waals surface area contributed by atoms with Gasteiger partial charge in [0.25, 0.3) is 0 Å². The summed E-state index contributed by atoms with van der Waals surface area (Å²) in [7, 11) is 0. The van der Waals surface area contributed by atoms with Gasteiger partial charge in [0, 0.05) is 5.38 Å². The van der Waals surface area contributed by atoms with Gasteiger partial charge >= 0.3 is 0 Å². The summed E-state index contributed by atoms with van der Waals surface area (Å²) in [5, 5.41) is 27.4. The van der Waals surface area contributed by atoms with E-state index in [1.54, 1.807) is 0 Å². The lowest BCUT2D eigenvalue weighted by Gasteiger charge is -1.89. The van der Waals surface area contributed by atoms with Crippen molar-refractivity contribution in [2.45, 2.75) is 6.61 Å². The third kappa shape index (κ3) is 0.988. The van der Waals surface area contributed by atoms with E-state index in [0.29, 0.717) is 4.88 Å². The second kappa shape index (κ2) is 2.24. The van der Waals surface area contributed by atoms with E-state index in [9.17, 15) is 0 Å². The van der Waals surface area contributed by atoms with Gasteiger partial charge in [0.1, 0.15) is 0 Å². The van der Waals surface area contributed by atoms with Crippen molar-refractivity contribution in [3.63, 3.8) is 0 Å². The average molecular weight is 146 g/mol. The topological polar surface area (TPSA) is 60.7 Å². The van der Waals surface area contributed by atoms with Gasteiger partial charge in [0.05, 0.1) is 11.5 Å². The molecule has 0 fully saturated rings. The molecular weight excluding hydrogens is 140 g/mol. The van der Waals surface area contributed by atoms with E-state index in [2.05, 4.69) is 0 Å². The van der Waals surface area contributed by atoms with E-state index in [1.807, 2.05) is 0 Å². The van der Waals surface area contributed by atoms with Crippen molar-refractivity contribution in [1.29, 1.82) is 0 Å². The lowest BCUT2D eigenvalue weighted by molar-refractivity contribution is 0.278. The fourth-order valence-corrected chi connectivity index (χ4v) is 1.15. The highest BCUT2D eigenvalue weighted by Gasteiger charge is 2.06. The lowest BCUT2D eigenvalue weighted by Crippen LogP contribution is -1.73. The van der Waals surface area contributed by atoms with Crippen molar-refractivity contribution in [3.8, 4) is 11.5 Å². The molecular formula is C5H6O3S. The molecule has 0 saturated heterocycles. The van der Waals surface area contributed by atoms with E-state index >= 15 is 0 Å². The Kier molecular flexibility index (Phi) is 1.59. The van der Waals surface area contributed by atoms with Crippen LogP contribution in [0, 0.1) is 0 Å². The summed E-state index contributed by atoms with van der Waals surface area (Å²) < 4.78 is 0. The Hall–Kier alpha value is -0.740. The average Bonchev–Trinajstić information content (AvgIpc) is 2.15. The minimum absolute atomic E-state index is 0.163. The van der Waals surface area contributed by atoms with Crippen molar-refractivity contribution in [3.05, 3.63) is 10.3 Å². The second-order valence-corrected chi connectivity index (χ2v) is 2.52. The van der Waals surface area contributed by atoms with E-state index in [1.165, 1.54) is 5.38 Å². The van der Waals surface area contributed by atoms with Crippen molar-refractivity contribution >= 4 is 11.3 Å². The number of rotatable bonds is 1. The molecule has 0 radical (unpaired) electrons. The molecule has 0 spiro atoms. The molecule has 0 bridgehead atoms. The Morgan fingerprint density at radius 1 is 1.44 bits per heavy atom. The number of hydrogen-bond acceptors (Lipinski definition) is 4. The zero-order valence-electron chi connectivity index (χ0n) is 4.53. The molecule has 3 nitrogen and oxygen atoms in total. The number of hydrogen-bond donors (Lipinski definition) is 3. The third-order valence-electron chi connectivity index (χ3n) is 0.963. The summed E-state index contributed by atoms with van der Waals surface area (Å²) in [6, 6.07) is 0. The van der Waals surface area contributed by atoms with E-state index in [4.69, 9.17) is 15.3 Å². The zero-order chi connectivity index (χ0) is 6.85. The molecule has 4 heteroatoms. The van der Waals surface area contributed by atoms with Crippen molar-refractivity contribution in [1.82, 2.24) is 0 Å². The van der Waals surface area contributed by atoms with Gasteiger partial charge in [-0.05, 0) is 0 Å². The van der Waals surface area contributed by atoms with Crippen LogP contribution in [0.1, 0.15) is 4.88 Å². The first-order valence-corrected chi connectivity index (χ1v) is 3.23. The van der Waals surface area contributed by atoms with Crippen molar-refractivity contribution in [2.24, 2.45) is 0 Å². The molecule has 0 saturated carbocycles. The first-order valence-electron chi connectivity index (χ1n) is 2.35. The van der Waals surface area contributed by atoms with Gasteiger partial charge in [-0.1, -0.05) is 0 Å². The second-order valence-electron chi connectivity index (χ2n) is 1.55. The normalized spacial score (nSPS) is 9.89. The van der Waals surface area contributed by atoms with Gasteiger partial charge in [0.15, 0.2) is 11.5 Å². The molecule has 0 aliphatic carbocycles. The maximum absolute atomic E-state index is 8.84. The molecule has 0 amide bonds. The molecule has 0 aromatic carbocycles. The molecule has 1 heterocycles. The zero-order valence-corrected chi connectivity index (χ0v) is 5.35. The molecule has 1 aromatic heterocycles. The number of aliphatic hydroxyl groups excluding tert-OH is 1. The van der Waals surface area contributed by atoms with Crippen LogP contribution in [0.4, 0.5) is 0 Å². The largest absolute Gasteiger partial charge is 0.504 e. The third-order valence-corrected chi connectivity index (χ3v) is 1.91. The molecule has 0 aliphatic heterocycles. The molecule has 3 N–H and O–H groups in total. The van der Waals surface area contributed by atoms with Crippen LogP contribution in [0.5, 0.6) is 11.5 Å². The minimum Gasteiger partial charge on any atom is -0.504 e. The Bertz CT molecular complexity index is 206. The van der Waals surface area contributed by atoms with Crippen molar-refractivity contribution < 1.29 is 15.3 Å². The van der Waals surface area contributed by atoms with Crippen LogP contribution >= 0.6 is 11.3 Å². The summed E-state index contributed by atoms with van der Waals surface area (Å²) in [4.78, 5) is 0.396. The standard InChI is InChI=1S/C5H6O3S/c6-1-4-5(8)3(7)2-9-4/h2,6-8H,1H2. The predicted molar refractivity (Wildman–Crippen MR) is 33.6 cm³/mol. The monoisotopic (exact) mass is 146 g/mol. The minimum atomic E-state index is -0.225. The number of thiophene rings is 1. The quantitative estimate of drug-likeness (QED) is 0.545. The Morgan fingerprint density at radius 3 is 2.33 bits per heavy atom. The summed E-state index contributed by atoms with van der Waals surface area (Å²) in [5.41, 5.74) is 0. The van der Waals surface area contributed by atoms with Crippen LogP contribution in [-0.2, 0) is 6.61 Å². The van der Waals surface area contributed by atoms with E-state index in [-0.39, 0.29) is 18.1 Å². The fraction of sp³-hybridized carbons (Fsp3) is 0.200. The van der Waals surface area contributed by atoms with Gasteiger partial charge in [0.2, 0.25) is 0 Å². The van der Waals surface area contributed by atoms with Gasteiger partial charge in [-0.15, -0.1) is 11.3 Å². The number of aromatic hydroxyl groups is 2. The Morgan fingerprint density at radius 2 is 2.11 bits per heavy atom. The summed E-state index contributed by atoms with van der Waals surface area (Å²) in [6.07, 6.45) is 0. The van der Waals surface area contributed by atoms with E-state index < -0.39 is 0 Å². The van der Waals surface area contributed by atoms with Crippen LogP contribution in [0.15, 0.2) is 5.38 Å². The predicted octanol–water partition coefficient (Wildman–Crippen LogP) is 0.652. The van der Waals surface area contributed by atoms with Gasteiger partial charge in [-0.3, -0.25) is 0 Å². The van der Waals surface area contributed by atoms with Crippen LogP contribution in [-0.4, -0.2) is 15.3 Å². The SMILES string of the molecule is OCc1scc(O)c1O. The summed E-state index contributed by atoms with van der Waals surface area (Å²) in [5.74, 6) is -0.369. The molecule has 9 heavy (non-hydrogen) atoms. The summed E-state index contributed by atoms with van der Waals surface area (Å²) >= 11 is 1.13. The highest BCUT2D eigenvalue weighted by Crippen LogP contribution is 2.34. The Balaban J connectivity index is 3.04. The highest BCUT2D eigenvalue weighted by atomic mass is 32.1. The summed E-state index contributed by atoms with van der Waals surface area (Å²) in [6.45, 7) is -0.225. The molecule has 50 valence electrons. The van der Waals surface area contributed by atoms with Gasteiger partial charge in [-0.25, -0.2) is 0 Å². The highest BCUT2D eigenvalue weighted by molar-refractivity contribution is 7.10. The van der Waals surface area contributed by atoms with Crippen LogP contribution in [0.3, 0.4) is 0 Å². The molecule has 0 aliphatic rings. The van der Waals surface area contributed by atoms with Crippen LogP contribution in [0.2, 0.25) is 0 Å². The first-order chi connectivity index (χ1) is 4.25. The Labute approximate surface area is 55.8 Å². The van der Waals surface area contributed by atoms with Gasteiger partial charge < -0.3 is 15.3 Å². The lowest BCUT2D eigenvalue weighted by atomic mass is 10.4. The van der Waals surface area contributed by atoms with Crippen molar-refractivity contribution in [2.75, 3.05) is 0 Å². The molecule has 0 unspecified atom stereocenters. The van der Waals surface area contributed by atoms with E-state index in [0.717, 1.165) is 11.3 Å². The first kappa shape index (κ1) is 6.38. The molecule has 1 rings (SSSR count). The van der Waals surface area contributed by atoms with Crippen LogP contribution in [0.25, 0.3) is 0 Å².